The molecule has 0 aromatic carbocycles. The van der Waals surface area contributed by atoms with Gasteiger partial charge in [0.15, 0.2) is 0 Å². The van der Waals surface area contributed by atoms with Gasteiger partial charge in [0.25, 0.3) is 16.7 Å². The molecule has 0 amide bonds. The first-order valence-electron chi connectivity index (χ1n) is 7.58. The number of rotatable bonds is 4. The first-order valence-corrected chi connectivity index (χ1v) is 9.76. The van der Waals surface area contributed by atoms with Gasteiger partial charge in [0.05, 0.1) is 21.4 Å². The molecule has 0 saturated heterocycles. The monoisotopic (exact) mass is 405 g/mol. The molecule has 4 aromatic heterocycles. The molecule has 7 nitrogen and oxygen atoms in total. The lowest BCUT2D eigenvalue weighted by atomic mass is 10.4. The Morgan fingerprint density at radius 3 is 2.88 bits per heavy atom. The molecule has 0 bridgehead atoms. The SMILES string of the molecule is Cc1nc(C)c(-c2nnc(SCc3cc(=O)n4cc(Cl)ccc4n3)o2)s1. The highest BCUT2D eigenvalue weighted by Gasteiger charge is 2.15. The van der Waals surface area contributed by atoms with Crippen LogP contribution in [-0.2, 0) is 5.75 Å². The van der Waals surface area contributed by atoms with Gasteiger partial charge in [0.2, 0.25) is 0 Å². The van der Waals surface area contributed by atoms with Crippen molar-refractivity contribution in [3.8, 4) is 10.8 Å². The highest BCUT2D eigenvalue weighted by atomic mass is 35.5. The lowest BCUT2D eigenvalue weighted by molar-refractivity contribution is 0.466. The fourth-order valence-electron chi connectivity index (χ4n) is 2.43. The Kier molecular flexibility index (Phi) is 4.51. The second kappa shape index (κ2) is 6.82. The molecule has 0 N–H and O–H groups in total. The third kappa shape index (κ3) is 3.37. The summed E-state index contributed by atoms with van der Waals surface area (Å²) in [5.74, 6) is 0.897. The smallest absolute Gasteiger partial charge is 0.277 e. The van der Waals surface area contributed by atoms with E-state index < -0.39 is 0 Å². The van der Waals surface area contributed by atoms with E-state index in [4.69, 9.17) is 16.0 Å². The Morgan fingerprint density at radius 2 is 2.12 bits per heavy atom. The standard InChI is InChI=1S/C16H12ClN5O2S2/c1-8-14(26-9(2)18-8)15-20-21-16(24-15)25-7-11-5-13(23)22-6-10(17)3-4-12(22)19-11/h3-6H,7H2,1-2H3. The number of thiazole rings is 1. The van der Waals surface area contributed by atoms with Crippen molar-refractivity contribution in [2.45, 2.75) is 24.8 Å². The predicted octanol–water partition coefficient (Wildman–Crippen LogP) is 3.76. The van der Waals surface area contributed by atoms with Crippen LogP contribution in [0.5, 0.6) is 0 Å². The number of hydrogen-bond acceptors (Lipinski definition) is 8. The molecule has 0 saturated carbocycles. The van der Waals surface area contributed by atoms with E-state index in [1.54, 1.807) is 18.3 Å². The van der Waals surface area contributed by atoms with Crippen molar-refractivity contribution in [2.24, 2.45) is 0 Å². The number of pyridine rings is 1. The maximum Gasteiger partial charge on any atom is 0.277 e. The summed E-state index contributed by atoms with van der Waals surface area (Å²) in [6, 6.07) is 4.88. The summed E-state index contributed by atoms with van der Waals surface area (Å²) in [5, 5.41) is 9.98. The van der Waals surface area contributed by atoms with Crippen LogP contribution in [0.15, 0.2) is 38.8 Å². The quantitative estimate of drug-likeness (QED) is 0.477. The second-order valence-electron chi connectivity index (χ2n) is 5.47. The van der Waals surface area contributed by atoms with Crippen LogP contribution < -0.4 is 5.56 Å². The summed E-state index contributed by atoms with van der Waals surface area (Å²) in [4.78, 5) is 21.9. The number of halogens is 1. The van der Waals surface area contributed by atoms with Crippen molar-refractivity contribution in [2.75, 3.05) is 0 Å². The zero-order chi connectivity index (χ0) is 18.3. The van der Waals surface area contributed by atoms with Crippen molar-refractivity contribution in [1.29, 1.82) is 0 Å². The molecule has 4 rings (SSSR count). The van der Waals surface area contributed by atoms with Gasteiger partial charge in [-0.25, -0.2) is 9.97 Å². The van der Waals surface area contributed by atoms with E-state index in [1.165, 1.54) is 33.6 Å². The van der Waals surface area contributed by atoms with Crippen molar-refractivity contribution < 1.29 is 4.42 Å². The Hall–Kier alpha value is -2.23. The number of hydrogen-bond donors (Lipinski definition) is 0. The van der Waals surface area contributed by atoms with Crippen LogP contribution in [0.25, 0.3) is 16.4 Å². The number of aromatic nitrogens is 5. The first-order chi connectivity index (χ1) is 12.5. The maximum absolute atomic E-state index is 12.2. The normalized spacial score (nSPS) is 11.3. The van der Waals surface area contributed by atoms with Crippen molar-refractivity contribution in [1.82, 2.24) is 24.6 Å². The molecule has 132 valence electrons. The predicted molar refractivity (Wildman–Crippen MR) is 101 cm³/mol. The van der Waals surface area contributed by atoms with Gasteiger partial charge in [-0.3, -0.25) is 9.20 Å². The molecule has 10 heteroatoms. The molecule has 26 heavy (non-hydrogen) atoms. The lowest BCUT2D eigenvalue weighted by Gasteiger charge is -2.03. The van der Waals surface area contributed by atoms with Gasteiger partial charge >= 0.3 is 0 Å². The summed E-state index contributed by atoms with van der Waals surface area (Å²) < 4.78 is 7.11. The van der Waals surface area contributed by atoms with Gasteiger partial charge in [0, 0.05) is 18.0 Å². The molecule has 0 spiro atoms. The average Bonchev–Trinajstić information content (AvgIpc) is 3.19. The Labute approximate surface area is 161 Å². The summed E-state index contributed by atoms with van der Waals surface area (Å²) in [6.07, 6.45) is 1.55. The molecule has 0 aliphatic rings. The van der Waals surface area contributed by atoms with Crippen molar-refractivity contribution >= 4 is 40.3 Å². The fourth-order valence-corrected chi connectivity index (χ4v) is 4.08. The van der Waals surface area contributed by atoms with Crippen LogP contribution in [0.4, 0.5) is 0 Å². The Bertz CT molecular complexity index is 1170. The molecular weight excluding hydrogens is 394 g/mol. The van der Waals surface area contributed by atoms with E-state index in [0.717, 1.165) is 15.6 Å². The average molecular weight is 406 g/mol. The Balaban J connectivity index is 1.54. The van der Waals surface area contributed by atoms with Gasteiger partial charge in [-0.2, -0.15) is 0 Å². The molecule has 0 aliphatic heterocycles. The van der Waals surface area contributed by atoms with Gasteiger partial charge in [-0.05, 0) is 26.0 Å². The lowest BCUT2D eigenvalue weighted by Crippen LogP contribution is -2.15. The zero-order valence-electron chi connectivity index (χ0n) is 13.8. The molecule has 4 aromatic rings. The molecule has 0 unspecified atom stereocenters. The maximum atomic E-state index is 12.2. The molecule has 0 aliphatic carbocycles. The van der Waals surface area contributed by atoms with Crippen LogP contribution in [0.2, 0.25) is 5.02 Å². The zero-order valence-corrected chi connectivity index (χ0v) is 16.2. The van der Waals surface area contributed by atoms with E-state index >= 15 is 0 Å². The van der Waals surface area contributed by atoms with Crippen LogP contribution in [0.1, 0.15) is 16.4 Å². The highest BCUT2D eigenvalue weighted by Crippen LogP contribution is 2.31. The van der Waals surface area contributed by atoms with Gasteiger partial charge < -0.3 is 4.42 Å². The summed E-state index contributed by atoms with van der Waals surface area (Å²) in [6.45, 7) is 3.85. The number of nitrogens with zero attached hydrogens (tertiary/aromatic N) is 5. The third-order valence-electron chi connectivity index (χ3n) is 3.52. The number of thioether (sulfide) groups is 1. The van der Waals surface area contributed by atoms with E-state index in [0.29, 0.717) is 33.2 Å². The van der Waals surface area contributed by atoms with Crippen molar-refractivity contribution in [3.05, 3.63) is 56.2 Å². The minimum Gasteiger partial charge on any atom is -0.410 e. The summed E-state index contributed by atoms with van der Waals surface area (Å²) in [7, 11) is 0. The van der Waals surface area contributed by atoms with Crippen LogP contribution in [-0.4, -0.2) is 24.6 Å². The second-order valence-corrected chi connectivity index (χ2v) is 8.04. The minimum atomic E-state index is -0.185. The first kappa shape index (κ1) is 17.2. The summed E-state index contributed by atoms with van der Waals surface area (Å²) >= 11 is 8.76. The van der Waals surface area contributed by atoms with Crippen LogP contribution >= 0.6 is 34.7 Å². The largest absolute Gasteiger partial charge is 0.410 e. The van der Waals surface area contributed by atoms with E-state index in [1.807, 2.05) is 13.8 Å². The molecule has 0 atom stereocenters. The van der Waals surface area contributed by atoms with E-state index in [9.17, 15) is 4.79 Å². The van der Waals surface area contributed by atoms with Gasteiger partial charge in [0.1, 0.15) is 10.5 Å². The molecular formula is C16H12ClN5O2S2. The molecule has 0 radical (unpaired) electrons. The third-order valence-corrected chi connectivity index (χ3v) is 5.66. The molecule has 4 heterocycles. The Morgan fingerprint density at radius 1 is 1.27 bits per heavy atom. The highest BCUT2D eigenvalue weighted by molar-refractivity contribution is 7.98. The summed E-state index contributed by atoms with van der Waals surface area (Å²) in [5.41, 5.74) is 1.86. The van der Waals surface area contributed by atoms with Crippen molar-refractivity contribution in [3.63, 3.8) is 0 Å². The van der Waals surface area contributed by atoms with Crippen LogP contribution in [0, 0.1) is 13.8 Å². The van der Waals surface area contributed by atoms with Gasteiger partial charge in [-0.15, -0.1) is 21.5 Å². The topological polar surface area (TPSA) is 86.2 Å². The van der Waals surface area contributed by atoms with Crippen LogP contribution in [0.3, 0.4) is 0 Å². The number of fused-ring (bicyclic) bond motifs is 1. The van der Waals surface area contributed by atoms with E-state index in [-0.39, 0.29) is 5.56 Å². The van der Waals surface area contributed by atoms with E-state index in [2.05, 4.69) is 20.2 Å². The minimum absolute atomic E-state index is 0.185. The molecule has 0 fully saturated rings. The fraction of sp³-hybridized carbons (Fsp3) is 0.188. The number of aryl methyl sites for hydroxylation is 2. The van der Waals surface area contributed by atoms with Gasteiger partial charge in [-0.1, -0.05) is 23.4 Å².